The zero-order valence-corrected chi connectivity index (χ0v) is 14.0. The van der Waals surface area contributed by atoms with E-state index in [9.17, 15) is 19.5 Å². The van der Waals surface area contributed by atoms with E-state index in [-0.39, 0.29) is 42.2 Å². The van der Waals surface area contributed by atoms with E-state index in [1.54, 1.807) is 6.92 Å². The van der Waals surface area contributed by atoms with E-state index < -0.39 is 23.5 Å². The van der Waals surface area contributed by atoms with E-state index in [1.165, 1.54) is 0 Å². The summed E-state index contributed by atoms with van der Waals surface area (Å²) < 4.78 is 5.50. The number of ether oxygens (including phenoxy) is 1. The van der Waals surface area contributed by atoms with Crippen LogP contribution in [0, 0.1) is 23.7 Å². The first kappa shape index (κ1) is 15.8. The van der Waals surface area contributed by atoms with Crippen molar-refractivity contribution in [3.63, 3.8) is 0 Å². The van der Waals surface area contributed by atoms with Crippen LogP contribution in [0.2, 0.25) is 0 Å². The summed E-state index contributed by atoms with van der Waals surface area (Å²) in [6, 6.07) is 0. The van der Waals surface area contributed by atoms with E-state index in [1.807, 2.05) is 6.92 Å². The molecular formula is C19H22O5. The molecule has 0 aromatic rings. The average Bonchev–Trinajstić information content (AvgIpc) is 2.81. The first-order valence-electron chi connectivity index (χ1n) is 8.57. The molecule has 1 heterocycles. The Morgan fingerprint density at radius 3 is 2.67 bits per heavy atom. The number of hydrogen-bond donors (Lipinski definition) is 1. The Balaban J connectivity index is 1.86. The van der Waals surface area contributed by atoms with Gasteiger partial charge in [0.15, 0.2) is 5.78 Å². The minimum Gasteiger partial charge on any atom is -0.461 e. The first-order valence-corrected chi connectivity index (χ1v) is 8.57. The molecule has 5 nitrogen and oxygen atoms in total. The molecule has 4 aliphatic rings. The monoisotopic (exact) mass is 330 g/mol. The second-order valence-electron chi connectivity index (χ2n) is 8.10. The number of rotatable bonds is 1. The SMILES string of the molecule is C=C(C)[C@@H]1CC(=O)CC2=C(C1)[C@@H]1C(=O)OC3C[C@](C)(O)[C@H](C2=O)[C@@H]31. The Morgan fingerprint density at radius 2 is 2.00 bits per heavy atom. The van der Waals surface area contributed by atoms with Crippen molar-refractivity contribution >= 4 is 17.5 Å². The van der Waals surface area contributed by atoms with E-state index >= 15 is 0 Å². The number of allylic oxidation sites excluding steroid dienone is 2. The maximum Gasteiger partial charge on any atom is 0.313 e. The van der Waals surface area contributed by atoms with Crippen LogP contribution in [0.15, 0.2) is 23.3 Å². The maximum absolute atomic E-state index is 13.1. The molecule has 3 aliphatic carbocycles. The number of esters is 1. The summed E-state index contributed by atoms with van der Waals surface area (Å²) >= 11 is 0. The molecule has 128 valence electrons. The first-order chi connectivity index (χ1) is 11.2. The van der Waals surface area contributed by atoms with E-state index in [2.05, 4.69) is 6.58 Å². The number of hydrogen-bond acceptors (Lipinski definition) is 5. The van der Waals surface area contributed by atoms with Gasteiger partial charge in [-0.3, -0.25) is 14.4 Å². The number of aliphatic hydroxyl groups is 1. The van der Waals surface area contributed by atoms with Gasteiger partial charge in [-0.15, -0.1) is 0 Å². The second-order valence-corrected chi connectivity index (χ2v) is 8.10. The van der Waals surface area contributed by atoms with Crippen molar-refractivity contribution in [2.45, 2.75) is 51.2 Å². The zero-order chi connectivity index (χ0) is 17.4. The van der Waals surface area contributed by atoms with Crippen molar-refractivity contribution < 1.29 is 24.2 Å². The van der Waals surface area contributed by atoms with Crippen LogP contribution in [0.4, 0.5) is 0 Å². The molecule has 0 bridgehead atoms. The molecule has 0 aromatic carbocycles. The van der Waals surface area contributed by atoms with Gasteiger partial charge in [-0.05, 0) is 31.8 Å². The zero-order valence-electron chi connectivity index (χ0n) is 14.0. The maximum atomic E-state index is 13.1. The summed E-state index contributed by atoms with van der Waals surface area (Å²) in [4.78, 5) is 37.9. The van der Waals surface area contributed by atoms with Crippen LogP contribution >= 0.6 is 0 Å². The van der Waals surface area contributed by atoms with Gasteiger partial charge in [0.25, 0.3) is 0 Å². The Hall–Kier alpha value is -1.75. The Bertz CT molecular complexity index is 713. The molecule has 2 fully saturated rings. The quantitative estimate of drug-likeness (QED) is 0.585. The summed E-state index contributed by atoms with van der Waals surface area (Å²) in [7, 11) is 0. The van der Waals surface area contributed by atoms with Crippen LogP contribution in [0.5, 0.6) is 0 Å². The fourth-order valence-electron chi connectivity index (χ4n) is 5.25. The summed E-state index contributed by atoms with van der Waals surface area (Å²) in [6.07, 6.45) is 0.815. The highest BCUT2D eigenvalue weighted by molar-refractivity contribution is 6.06. The van der Waals surface area contributed by atoms with E-state index in [0.717, 1.165) is 11.1 Å². The van der Waals surface area contributed by atoms with Gasteiger partial charge in [-0.25, -0.2) is 0 Å². The fraction of sp³-hybridized carbons (Fsp3) is 0.632. The van der Waals surface area contributed by atoms with Gasteiger partial charge in [-0.2, -0.15) is 0 Å². The van der Waals surface area contributed by atoms with Crippen LogP contribution in [-0.2, 0) is 19.1 Å². The van der Waals surface area contributed by atoms with Crippen LogP contribution in [0.1, 0.15) is 39.5 Å². The summed E-state index contributed by atoms with van der Waals surface area (Å²) in [5.41, 5.74) is 0.931. The Labute approximate surface area is 140 Å². The smallest absolute Gasteiger partial charge is 0.313 e. The predicted octanol–water partition coefficient (Wildman–Crippen LogP) is 1.74. The molecule has 0 spiro atoms. The third-order valence-corrected chi connectivity index (χ3v) is 6.36. The molecule has 0 radical (unpaired) electrons. The van der Waals surface area contributed by atoms with Gasteiger partial charge in [-0.1, -0.05) is 12.2 Å². The molecule has 0 amide bonds. The standard InChI is InChI=1S/C19H22O5/c1-8(2)9-4-10(20)6-12-11(5-9)14-15-13(24-18(14)22)7-19(3,23)16(15)17(12)21/h9,13-16,23H,1,4-7H2,2-3H3/t9-,13?,14+,15+,16+,19+/m1/s1. The third-order valence-electron chi connectivity index (χ3n) is 6.36. The van der Waals surface area contributed by atoms with Gasteiger partial charge in [0.1, 0.15) is 11.9 Å². The van der Waals surface area contributed by atoms with Crippen LogP contribution < -0.4 is 0 Å². The molecule has 1 N–H and O–H groups in total. The largest absolute Gasteiger partial charge is 0.461 e. The summed E-state index contributed by atoms with van der Waals surface area (Å²) in [5, 5.41) is 10.7. The second kappa shape index (κ2) is 4.88. The van der Waals surface area contributed by atoms with Crippen molar-refractivity contribution in [2.24, 2.45) is 23.7 Å². The fourth-order valence-corrected chi connectivity index (χ4v) is 5.25. The highest BCUT2D eigenvalue weighted by Crippen LogP contribution is 2.57. The topological polar surface area (TPSA) is 80.7 Å². The molecule has 1 saturated heterocycles. The number of fused-ring (bicyclic) bond motifs is 1. The van der Waals surface area contributed by atoms with Crippen molar-refractivity contribution in [3.8, 4) is 0 Å². The minimum atomic E-state index is -1.19. The van der Waals surface area contributed by atoms with Gasteiger partial charge >= 0.3 is 5.97 Å². The molecule has 1 aliphatic heterocycles. The summed E-state index contributed by atoms with van der Waals surface area (Å²) in [6.45, 7) is 7.49. The lowest BCUT2D eigenvalue weighted by atomic mass is 9.66. The average molecular weight is 330 g/mol. The van der Waals surface area contributed by atoms with E-state index in [0.29, 0.717) is 18.4 Å². The van der Waals surface area contributed by atoms with Gasteiger partial charge < -0.3 is 9.84 Å². The lowest BCUT2D eigenvalue weighted by molar-refractivity contribution is -0.146. The number of carbonyl (C=O) groups is 3. The molecule has 4 rings (SSSR count). The lowest BCUT2D eigenvalue weighted by Crippen LogP contribution is -2.45. The number of Topliss-reactive ketones (excluding diaryl/α,β-unsaturated/α-hetero) is 2. The van der Waals surface area contributed by atoms with Gasteiger partial charge in [0.2, 0.25) is 0 Å². The predicted molar refractivity (Wildman–Crippen MR) is 84.8 cm³/mol. The van der Waals surface area contributed by atoms with Crippen molar-refractivity contribution in [1.29, 1.82) is 0 Å². The van der Waals surface area contributed by atoms with Crippen molar-refractivity contribution in [1.82, 2.24) is 0 Å². The lowest BCUT2D eigenvalue weighted by Gasteiger charge is -2.36. The van der Waals surface area contributed by atoms with Gasteiger partial charge in [0, 0.05) is 30.8 Å². The number of ketones is 2. The molecule has 5 heteroatoms. The number of carbonyl (C=O) groups excluding carboxylic acids is 3. The summed E-state index contributed by atoms with van der Waals surface area (Å²) in [5.74, 6) is -1.93. The van der Waals surface area contributed by atoms with Crippen molar-refractivity contribution in [3.05, 3.63) is 23.3 Å². The van der Waals surface area contributed by atoms with Crippen molar-refractivity contribution in [2.75, 3.05) is 0 Å². The highest BCUT2D eigenvalue weighted by Gasteiger charge is 2.66. The molecule has 6 atom stereocenters. The molecular weight excluding hydrogens is 308 g/mol. The molecule has 0 aromatic heterocycles. The normalized spacial score (nSPS) is 44.1. The van der Waals surface area contributed by atoms with Crippen LogP contribution in [-0.4, -0.2) is 34.3 Å². The van der Waals surface area contributed by atoms with Crippen LogP contribution in [0.3, 0.4) is 0 Å². The van der Waals surface area contributed by atoms with E-state index in [4.69, 9.17) is 4.74 Å². The Morgan fingerprint density at radius 1 is 1.29 bits per heavy atom. The highest BCUT2D eigenvalue weighted by atomic mass is 16.6. The molecule has 1 saturated carbocycles. The third kappa shape index (κ3) is 2.00. The van der Waals surface area contributed by atoms with Crippen LogP contribution in [0.25, 0.3) is 0 Å². The molecule has 1 unspecified atom stereocenters. The minimum absolute atomic E-state index is 0.000328. The van der Waals surface area contributed by atoms with Gasteiger partial charge in [0.05, 0.1) is 17.4 Å². The molecule has 24 heavy (non-hydrogen) atoms. The Kier molecular flexibility index (Phi) is 3.21.